The third kappa shape index (κ3) is 4.84. The lowest BCUT2D eigenvalue weighted by Gasteiger charge is -2.02. The normalized spacial score (nSPS) is 13.3. The lowest BCUT2D eigenvalue weighted by atomic mass is 10.4. The Labute approximate surface area is 96.5 Å². The molecular weight excluding hydrogens is 228 g/mol. The molecule has 0 aliphatic carbocycles. The highest BCUT2D eigenvalue weighted by atomic mass is 32.2. The molecule has 0 aromatic carbocycles. The van der Waals surface area contributed by atoms with E-state index in [1.807, 2.05) is 0 Å². The van der Waals surface area contributed by atoms with Gasteiger partial charge in [0, 0.05) is 5.41 Å². The van der Waals surface area contributed by atoms with Gasteiger partial charge in [-0.25, -0.2) is 8.42 Å². The molecule has 0 rings (SSSR count). The highest BCUT2D eigenvalue weighted by Crippen LogP contribution is 2.13. The average molecular weight is 244 g/mol. The van der Waals surface area contributed by atoms with Gasteiger partial charge in [-0.15, -0.1) is 0 Å². The van der Waals surface area contributed by atoms with Crippen molar-refractivity contribution in [3.63, 3.8) is 0 Å². The van der Waals surface area contributed by atoms with E-state index in [9.17, 15) is 8.42 Å². The van der Waals surface area contributed by atoms with Gasteiger partial charge in [-0.2, -0.15) is 0 Å². The zero-order valence-corrected chi connectivity index (χ0v) is 10.5. The molecule has 0 aromatic rings. The summed E-state index contributed by atoms with van der Waals surface area (Å²) in [6, 6.07) is 0. The van der Waals surface area contributed by atoms with Gasteiger partial charge < -0.3 is 9.47 Å². The largest absolute Gasteiger partial charge is 0.504 e. The second-order valence-electron chi connectivity index (χ2n) is 2.77. The van der Waals surface area contributed by atoms with Gasteiger partial charge in [-0.05, 0) is 19.1 Å². The molecule has 0 aliphatic heterocycles. The number of allylic oxidation sites excluding steroid dienone is 3. The van der Waals surface area contributed by atoms with Crippen LogP contribution in [0.15, 0.2) is 47.1 Å². The Morgan fingerprint density at radius 3 is 2.38 bits per heavy atom. The summed E-state index contributed by atoms with van der Waals surface area (Å²) in [5.41, 5.74) is 0. The first-order chi connectivity index (χ1) is 7.47. The summed E-state index contributed by atoms with van der Waals surface area (Å²) in [5, 5.41) is 1.10. The summed E-state index contributed by atoms with van der Waals surface area (Å²) >= 11 is 0. The molecule has 0 unspecified atom stereocenters. The van der Waals surface area contributed by atoms with Crippen molar-refractivity contribution in [1.29, 1.82) is 0 Å². The molecule has 0 radical (unpaired) electrons. The quantitative estimate of drug-likeness (QED) is 0.530. The van der Waals surface area contributed by atoms with E-state index in [1.54, 1.807) is 6.92 Å². The van der Waals surface area contributed by atoms with Crippen LogP contribution in [0.1, 0.15) is 6.92 Å². The Morgan fingerprint density at radius 1 is 1.31 bits per heavy atom. The predicted molar refractivity (Wildman–Crippen MR) is 64.1 cm³/mol. The molecule has 0 bridgehead atoms. The maximum Gasteiger partial charge on any atom is 0.199 e. The van der Waals surface area contributed by atoms with Crippen molar-refractivity contribution in [2.75, 3.05) is 14.2 Å². The average Bonchev–Trinajstić information content (AvgIpc) is 2.23. The highest BCUT2D eigenvalue weighted by molar-refractivity contribution is 7.98. The van der Waals surface area contributed by atoms with Crippen molar-refractivity contribution >= 4 is 9.84 Å². The number of methoxy groups -OCH3 is 2. The van der Waals surface area contributed by atoms with Gasteiger partial charge in [-0.3, -0.25) is 0 Å². The molecule has 5 heteroatoms. The van der Waals surface area contributed by atoms with Gasteiger partial charge >= 0.3 is 0 Å². The molecule has 0 N–H and O–H groups in total. The molecule has 0 heterocycles. The van der Waals surface area contributed by atoms with Crippen LogP contribution in [0, 0.1) is 0 Å². The molecule has 0 aromatic heterocycles. The van der Waals surface area contributed by atoms with Crippen LogP contribution in [0.3, 0.4) is 0 Å². The van der Waals surface area contributed by atoms with E-state index in [1.165, 1.54) is 38.7 Å². The zero-order chi connectivity index (χ0) is 12.6. The molecule has 0 spiro atoms. The van der Waals surface area contributed by atoms with Crippen molar-refractivity contribution in [1.82, 2.24) is 0 Å². The van der Waals surface area contributed by atoms with Crippen LogP contribution in [-0.4, -0.2) is 22.6 Å². The summed E-state index contributed by atoms with van der Waals surface area (Å²) in [6.45, 7) is 5.16. The minimum atomic E-state index is -3.48. The molecule has 0 saturated carbocycles. The van der Waals surface area contributed by atoms with E-state index in [0.29, 0.717) is 0 Å². The van der Waals surface area contributed by atoms with E-state index in [-0.39, 0.29) is 10.7 Å². The topological polar surface area (TPSA) is 52.6 Å². The van der Waals surface area contributed by atoms with Gasteiger partial charge in [0.2, 0.25) is 0 Å². The summed E-state index contributed by atoms with van der Waals surface area (Å²) in [7, 11) is -0.629. The highest BCUT2D eigenvalue weighted by Gasteiger charge is 2.11. The van der Waals surface area contributed by atoms with Gasteiger partial charge in [0.25, 0.3) is 0 Å². The zero-order valence-electron chi connectivity index (χ0n) is 9.64. The lowest BCUT2D eigenvalue weighted by Crippen LogP contribution is -1.99. The molecule has 0 amide bonds. The van der Waals surface area contributed by atoms with Gasteiger partial charge in [-0.1, -0.05) is 12.7 Å². The monoisotopic (exact) mass is 244 g/mol. The number of hydrogen-bond acceptors (Lipinski definition) is 4. The minimum Gasteiger partial charge on any atom is -0.504 e. The van der Waals surface area contributed by atoms with Crippen molar-refractivity contribution < 1.29 is 17.9 Å². The summed E-state index contributed by atoms with van der Waals surface area (Å²) in [5.74, 6) is 0.254. The first-order valence-corrected chi connectivity index (χ1v) is 6.04. The van der Waals surface area contributed by atoms with Crippen LogP contribution in [0.25, 0.3) is 0 Å². The Balaban J connectivity index is 5.34. The fourth-order valence-electron chi connectivity index (χ4n) is 0.836. The van der Waals surface area contributed by atoms with Gasteiger partial charge in [0.15, 0.2) is 9.84 Å². The predicted octanol–water partition coefficient (Wildman–Crippen LogP) is 2.14. The molecule has 4 nitrogen and oxygen atoms in total. The summed E-state index contributed by atoms with van der Waals surface area (Å²) in [4.78, 5) is 0.0549. The molecule has 90 valence electrons. The van der Waals surface area contributed by atoms with Crippen LogP contribution in [0.2, 0.25) is 0 Å². The SMILES string of the molecule is C=C(/C=C(\C=C\OC)S(=O)(=O)/C=C/C)OC. The number of rotatable bonds is 6. The summed E-state index contributed by atoms with van der Waals surface area (Å²) in [6.07, 6.45) is 5.37. The second-order valence-corrected chi connectivity index (χ2v) is 4.60. The maximum atomic E-state index is 11.7. The fourth-order valence-corrected chi connectivity index (χ4v) is 1.89. The van der Waals surface area contributed by atoms with Crippen molar-refractivity contribution in [2.45, 2.75) is 6.92 Å². The van der Waals surface area contributed by atoms with Crippen LogP contribution >= 0.6 is 0 Å². The van der Waals surface area contributed by atoms with Gasteiger partial charge in [0.1, 0.15) is 5.76 Å². The standard InChI is InChI=1S/C11H16O4S/c1-5-8-16(12,13)11(6-7-14-3)9-10(2)15-4/h5-9H,2H2,1,3-4H3/b7-6+,8-5+,11-9+. The summed E-state index contributed by atoms with van der Waals surface area (Å²) < 4.78 is 32.9. The molecular formula is C11H16O4S. The van der Waals surface area contributed by atoms with E-state index in [2.05, 4.69) is 11.3 Å². The molecule has 0 fully saturated rings. The number of sulfone groups is 1. The Hall–Kier alpha value is -1.49. The van der Waals surface area contributed by atoms with Crippen LogP contribution < -0.4 is 0 Å². The van der Waals surface area contributed by atoms with Crippen LogP contribution in [0.4, 0.5) is 0 Å². The van der Waals surface area contributed by atoms with Crippen molar-refractivity contribution in [2.24, 2.45) is 0 Å². The molecule has 0 aliphatic rings. The lowest BCUT2D eigenvalue weighted by molar-refractivity contribution is 0.308. The third-order valence-corrected chi connectivity index (χ3v) is 3.12. The first-order valence-electron chi connectivity index (χ1n) is 4.49. The van der Waals surface area contributed by atoms with Crippen molar-refractivity contribution in [3.05, 3.63) is 47.1 Å². The van der Waals surface area contributed by atoms with Crippen LogP contribution in [0.5, 0.6) is 0 Å². The minimum absolute atomic E-state index is 0.0549. The van der Waals surface area contributed by atoms with E-state index in [4.69, 9.17) is 4.74 Å². The smallest absolute Gasteiger partial charge is 0.199 e. The third-order valence-electron chi connectivity index (χ3n) is 1.58. The fraction of sp³-hybridized carbons (Fsp3) is 0.273. The first kappa shape index (κ1) is 14.5. The number of ether oxygens (including phenoxy) is 2. The second kappa shape index (κ2) is 6.90. The van der Waals surface area contributed by atoms with Gasteiger partial charge in [0.05, 0.1) is 25.4 Å². The maximum absolute atomic E-state index is 11.7. The Morgan fingerprint density at radius 2 is 1.94 bits per heavy atom. The Kier molecular flexibility index (Phi) is 6.25. The van der Waals surface area contributed by atoms with E-state index >= 15 is 0 Å². The molecule has 0 saturated heterocycles. The van der Waals surface area contributed by atoms with E-state index < -0.39 is 9.84 Å². The Bertz CT molecular complexity index is 413. The molecule has 0 atom stereocenters. The van der Waals surface area contributed by atoms with Crippen LogP contribution in [-0.2, 0) is 19.3 Å². The molecule has 16 heavy (non-hydrogen) atoms. The van der Waals surface area contributed by atoms with Crippen molar-refractivity contribution in [3.8, 4) is 0 Å². The number of hydrogen-bond donors (Lipinski definition) is 0. The van der Waals surface area contributed by atoms with E-state index in [0.717, 1.165) is 5.41 Å².